The summed E-state index contributed by atoms with van der Waals surface area (Å²) in [4.78, 5) is 24.7. The van der Waals surface area contributed by atoms with Crippen molar-refractivity contribution in [3.05, 3.63) is 22.4 Å². The van der Waals surface area contributed by atoms with Crippen LogP contribution >= 0.6 is 11.3 Å². The third-order valence-corrected chi connectivity index (χ3v) is 3.65. The molecule has 6 nitrogen and oxygen atoms in total. The van der Waals surface area contributed by atoms with E-state index in [0.29, 0.717) is 6.61 Å². The number of nitrogens with zero attached hydrogens (tertiary/aromatic N) is 1. The molecule has 1 aromatic heterocycles. The van der Waals surface area contributed by atoms with Crippen LogP contribution < -0.4 is 0 Å². The zero-order valence-corrected chi connectivity index (χ0v) is 13.8. The molecule has 0 bridgehead atoms. The molecule has 1 aromatic rings. The lowest BCUT2D eigenvalue weighted by Gasteiger charge is -2.26. The van der Waals surface area contributed by atoms with Gasteiger partial charge in [0.25, 0.3) is 0 Å². The summed E-state index contributed by atoms with van der Waals surface area (Å²) in [5.74, 6) is -0.550. The van der Waals surface area contributed by atoms with Crippen LogP contribution in [0, 0.1) is 0 Å². The van der Waals surface area contributed by atoms with Gasteiger partial charge in [-0.2, -0.15) is 11.3 Å². The summed E-state index contributed by atoms with van der Waals surface area (Å²) in [6.45, 7) is 3.82. The van der Waals surface area contributed by atoms with E-state index in [0.717, 1.165) is 23.3 Å². The van der Waals surface area contributed by atoms with Gasteiger partial charge >= 0.3 is 12.1 Å². The van der Waals surface area contributed by atoms with Gasteiger partial charge in [-0.1, -0.05) is 13.3 Å². The zero-order chi connectivity index (χ0) is 16.4. The largest absolute Gasteiger partial charge is 0.464 e. The molecule has 0 fully saturated rings. The second-order valence-electron chi connectivity index (χ2n) is 4.72. The quantitative estimate of drug-likeness (QED) is 0.428. The Kier molecular flexibility index (Phi) is 8.54. The van der Waals surface area contributed by atoms with Gasteiger partial charge in [-0.15, -0.1) is 0 Å². The molecule has 0 saturated carbocycles. The van der Waals surface area contributed by atoms with Crippen molar-refractivity contribution >= 4 is 23.4 Å². The summed E-state index contributed by atoms with van der Waals surface area (Å²) in [5.41, 5.74) is 0.895. The lowest BCUT2D eigenvalue weighted by atomic mass is 10.2. The predicted molar refractivity (Wildman–Crippen MR) is 83.6 cm³/mol. The van der Waals surface area contributed by atoms with Crippen molar-refractivity contribution in [1.82, 2.24) is 4.90 Å². The second kappa shape index (κ2) is 10.2. The molecule has 1 atom stereocenters. The van der Waals surface area contributed by atoms with Crippen LogP contribution in [-0.2, 0) is 20.7 Å². The smallest absolute Gasteiger partial charge is 0.412 e. The van der Waals surface area contributed by atoms with E-state index in [4.69, 9.17) is 9.47 Å². The number of carbonyl (C=O) groups excluding carboxylic acids is 2. The number of thiophene rings is 1. The highest BCUT2D eigenvalue weighted by Crippen LogP contribution is 2.12. The topological polar surface area (TPSA) is 76.1 Å². The molecule has 22 heavy (non-hydrogen) atoms. The Hall–Kier alpha value is -1.60. The maximum absolute atomic E-state index is 11.9. The van der Waals surface area contributed by atoms with Crippen LogP contribution in [-0.4, -0.2) is 48.1 Å². The van der Waals surface area contributed by atoms with Gasteiger partial charge in [0.1, 0.15) is 12.8 Å². The second-order valence-corrected chi connectivity index (χ2v) is 5.50. The fourth-order valence-corrected chi connectivity index (χ4v) is 2.42. The normalized spacial score (nSPS) is 11.8. The number of ether oxygens (including phenoxy) is 2. The monoisotopic (exact) mass is 329 g/mol. The van der Waals surface area contributed by atoms with Crippen molar-refractivity contribution in [2.24, 2.45) is 0 Å². The first-order chi connectivity index (χ1) is 10.6. The first-order valence-electron chi connectivity index (χ1n) is 7.36. The Balaban J connectivity index is 2.62. The van der Waals surface area contributed by atoms with Gasteiger partial charge in [-0.25, -0.2) is 4.79 Å². The number of hydrogen-bond donors (Lipinski definition) is 1. The van der Waals surface area contributed by atoms with Crippen molar-refractivity contribution in [2.75, 3.05) is 19.8 Å². The van der Waals surface area contributed by atoms with Gasteiger partial charge in [0, 0.05) is 6.42 Å². The molecule has 0 aliphatic carbocycles. The van der Waals surface area contributed by atoms with E-state index in [1.807, 2.05) is 23.8 Å². The molecular formula is C15H23NO5S. The van der Waals surface area contributed by atoms with Crippen molar-refractivity contribution < 1.29 is 24.2 Å². The molecule has 1 unspecified atom stereocenters. The average Bonchev–Trinajstić information content (AvgIpc) is 2.98. The molecule has 0 aliphatic heterocycles. The summed E-state index contributed by atoms with van der Waals surface area (Å²) in [6.07, 6.45) is 0.0630. The van der Waals surface area contributed by atoms with E-state index in [9.17, 15) is 14.7 Å². The minimum Gasteiger partial charge on any atom is -0.464 e. The lowest BCUT2D eigenvalue weighted by Crippen LogP contribution is -2.45. The van der Waals surface area contributed by atoms with E-state index in [-0.39, 0.29) is 19.6 Å². The van der Waals surface area contributed by atoms with Crippen LogP contribution in [0.2, 0.25) is 0 Å². The highest BCUT2D eigenvalue weighted by Gasteiger charge is 2.26. The van der Waals surface area contributed by atoms with Crippen molar-refractivity contribution in [1.29, 1.82) is 0 Å². The summed E-state index contributed by atoms with van der Waals surface area (Å²) < 4.78 is 9.92. The van der Waals surface area contributed by atoms with Gasteiger partial charge in [0.15, 0.2) is 0 Å². The van der Waals surface area contributed by atoms with E-state index >= 15 is 0 Å². The molecule has 1 N–H and O–H groups in total. The summed E-state index contributed by atoms with van der Waals surface area (Å²) in [7, 11) is 0. The van der Waals surface area contributed by atoms with Gasteiger partial charge in [0.2, 0.25) is 0 Å². The highest BCUT2D eigenvalue weighted by molar-refractivity contribution is 7.07. The van der Waals surface area contributed by atoms with Crippen LogP contribution in [0.15, 0.2) is 16.8 Å². The summed E-state index contributed by atoms with van der Waals surface area (Å²) in [6, 6.07) is 1.86. The molecule has 0 aliphatic rings. The lowest BCUT2D eigenvalue weighted by molar-refractivity contribution is -0.147. The van der Waals surface area contributed by atoms with Crippen LogP contribution in [0.3, 0.4) is 0 Å². The average molecular weight is 329 g/mol. The van der Waals surface area contributed by atoms with Crippen LogP contribution in [0.4, 0.5) is 4.79 Å². The van der Waals surface area contributed by atoms with Crippen molar-refractivity contribution in [2.45, 2.75) is 39.3 Å². The number of hydrogen-bond acceptors (Lipinski definition) is 6. The molecule has 0 spiro atoms. The number of aliphatic hydroxyl groups excluding tert-OH is 1. The summed E-state index contributed by atoms with van der Waals surface area (Å²) in [5, 5.41) is 14.0. The molecule has 0 radical (unpaired) electrons. The molecular weight excluding hydrogens is 306 g/mol. The van der Waals surface area contributed by atoms with Crippen molar-refractivity contribution in [3.8, 4) is 0 Å². The first kappa shape index (κ1) is 18.4. The van der Waals surface area contributed by atoms with Crippen LogP contribution in [0.5, 0.6) is 0 Å². The van der Waals surface area contributed by atoms with Crippen LogP contribution in [0.1, 0.15) is 32.3 Å². The Bertz CT molecular complexity index is 449. The minimum atomic E-state index is -1.13. The van der Waals surface area contributed by atoms with E-state index in [1.54, 1.807) is 6.92 Å². The molecule has 0 aromatic carbocycles. The van der Waals surface area contributed by atoms with E-state index in [2.05, 4.69) is 0 Å². The molecule has 1 amide bonds. The van der Waals surface area contributed by atoms with Crippen molar-refractivity contribution in [3.63, 3.8) is 0 Å². The Morgan fingerprint density at radius 3 is 2.73 bits per heavy atom. The minimum absolute atomic E-state index is 0.172. The van der Waals surface area contributed by atoms with E-state index < -0.39 is 18.3 Å². The fraction of sp³-hybridized carbons (Fsp3) is 0.600. The number of esters is 1. The standard InChI is InChI=1S/C15H23NO5S/c1-3-5-7-21-14(18)10-16(15(19)20-4-2)13(17)9-12-6-8-22-11-12/h6,8,11,13,17H,3-5,7,9-10H2,1-2H3. The van der Waals surface area contributed by atoms with E-state index in [1.165, 1.54) is 11.3 Å². The molecule has 1 rings (SSSR count). The van der Waals surface area contributed by atoms with Gasteiger partial charge in [0.05, 0.1) is 13.2 Å². The number of aliphatic hydroxyl groups is 1. The number of rotatable bonds is 9. The van der Waals surface area contributed by atoms with Gasteiger partial charge in [-0.3, -0.25) is 9.69 Å². The SMILES string of the molecule is CCCCOC(=O)CN(C(=O)OCC)C(O)Cc1ccsc1. The number of amides is 1. The first-order valence-corrected chi connectivity index (χ1v) is 8.30. The Morgan fingerprint density at radius 2 is 2.14 bits per heavy atom. The Labute approximate surface area is 134 Å². The van der Waals surface area contributed by atoms with Crippen LogP contribution in [0.25, 0.3) is 0 Å². The maximum Gasteiger partial charge on any atom is 0.412 e. The van der Waals surface area contributed by atoms with Gasteiger partial charge < -0.3 is 14.6 Å². The predicted octanol–water partition coefficient (Wildman–Crippen LogP) is 2.41. The molecule has 7 heteroatoms. The summed E-state index contributed by atoms with van der Waals surface area (Å²) >= 11 is 1.50. The molecule has 1 heterocycles. The van der Waals surface area contributed by atoms with Gasteiger partial charge in [-0.05, 0) is 35.7 Å². The molecule has 0 saturated heterocycles. The highest BCUT2D eigenvalue weighted by atomic mass is 32.1. The molecule has 124 valence electrons. The number of carbonyl (C=O) groups is 2. The third-order valence-electron chi connectivity index (χ3n) is 2.92. The third kappa shape index (κ3) is 6.44. The zero-order valence-electron chi connectivity index (χ0n) is 13.0. The Morgan fingerprint density at radius 1 is 1.36 bits per heavy atom. The number of unbranched alkanes of at least 4 members (excludes halogenated alkanes) is 1. The maximum atomic E-state index is 11.9. The fourth-order valence-electron chi connectivity index (χ4n) is 1.74.